The van der Waals surface area contributed by atoms with Gasteiger partial charge in [-0.25, -0.2) is 4.39 Å². The standard InChI is InChI=1S/C15H17F2NO/c1-2-3-10-11-6-7-12(16)14(17)15(11)19-13(10)8-18-9-4-5-9/h6-7,9,18H,2-5,8H2,1H3. The average Bonchev–Trinajstić information content (AvgIpc) is 3.16. The van der Waals surface area contributed by atoms with Gasteiger partial charge in [-0.2, -0.15) is 4.39 Å². The second-order valence-corrected chi connectivity index (χ2v) is 5.15. The molecule has 0 amide bonds. The van der Waals surface area contributed by atoms with Gasteiger partial charge in [-0.05, 0) is 31.4 Å². The van der Waals surface area contributed by atoms with E-state index >= 15 is 0 Å². The molecular formula is C15H17F2NO. The van der Waals surface area contributed by atoms with E-state index in [0.717, 1.165) is 24.2 Å². The van der Waals surface area contributed by atoms with Crippen LogP contribution in [-0.4, -0.2) is 6.04 Å². The normalized spacial score (nSPS) is 15.3. The summed E-state index contributed by atoms with van der Waals surface area (Å²) in [6, 6.07) is 3.34. The molecule has 0 unspecified atom stereocenters. The van der Waals surface area contributed by atoms with E-state index in [2.05, 4.69) is 12.2 Å². The van der Waals surface area contributed by atoms with E-state index in [1.54, 1.807) is 6.07 Å². The fraction of sp³-hybridized carbons (Fsp3) is 0.467. The number of benzene rings is 1. The van der Waals surface area contributed by atoms with Gasteiger partial charge in [0, 0.05) is 17.0 Å². The van der Waals surface area contributed by atoms with E-state index in [1.807, 2.05) is 0 Å². The van der Waals surface area contributed by atoms with Crippen LogP contribution in [0.15, 0.2) is 16.5 Å². The van der Waals surface area contributed by atoms with Gasteiger partial charge in [-0.1, -0.05) is 13.3 Å². The van der Waals surface area contributed by atoms with Crippen molar-refractivity contribution in [2.75, 3.05) is 0 Å². The zero-order chi connectivity index (χ0) is 13.4. The van der Waals surface area contributed by atoms with Crippen molar-refractivity contribution in [2.45, 2.75) is 45.2 Å². The highest BCUT2D eigenvalue weighted by Crippen LogP contribution is 2.31. The quantitative estimate of drug-likeness (QED) is 0.886. The molecule has 0 saturated heterocycles. The Morgan fingerprint density at radius 3 is 2.79 bits per heavy atom. The Morgan fingerprint density at radius 2 is 2.11 bits per heavy atom. The number of fused-ring (bicyclic) bond motifs is 1. The van der Waals surface area contributed by atoms with Gasteiger partial charge in [0.2, 0.25) is 5.82 Å². The van der Waals surface area contributed by atoms with E-state index < -0.39 is 11.6 Å². The predicted molar refractivity (Wildman–Crippen MR) is 70.0 cm³/mol. The van der Waals surface area contributed by atoms with Crippen LogP contribution >= 0.6 is 0 Å². The maximum Gasteiger partial charge on any atom is 0.201 e. The molecule has 1 aromatic heterocycles. The summed E-state index contributed by atoms with van der Waals surface area (Å²) in [5.74, 6) is -0.994. The van der Waals surface area contributed by atoms with E-state index in [0.29, 0.717) is 18.0 Å². The molecule has 1 fully saturated rings. The smallest absolute Gasteiger partial charge is 0.201 e. The minimum atomic E-state index is -0.882. The van der Waals surface area contributed by atoms with Crippen molar-refractivity contribution in [2.24, 2.45) is 0 Å². The van der Waals surface area contributed by atoms with Gasteiger partial charge in [0.1, 0.15) is 5.76 Å². The lowest BCUT2D eigenvalue weighted by Gasteiger charge is -2.02. The van der Waals surface area contributed by atoms with E-state index in [-0.39, 0.29) is 5.58 Å². The first-order valence-electron chi connectivity index (χ1n) is 6.82. The van der Waals surface area contributed by atoms with Crippen LogP contribution in [0.3, 0.4) is 0 Å². The molecule has 1 aliphatic rings. The molecule has 0 spiro atoms. The Balaban J connectivity index is 2.02. The Hall–Kier alpha value is -1.42. The average molecular weight is 265 g/mol. The van der Waals surface area contributed by atoms with Crippen LogP contribution in [0.5, 0.6) is 0 Å². The molecular weight excluding hydrogens is 248 g/mol. The molecule has 4 heteroatoms. The lowest BCUT2D eigenvalue weighted by Crippen LogP contribution is -2.15. The van der Waals surface area contributed by atoms with Crippen LogP contribution < -0.4 is 5.32 Å². The maximum atomic E-state index is 13.8. The summed E-state index contributed by atoms with van der Waals surface area (Å²) >= 11 is 0. The monoisotopic (exact) mass is 265 g/mol. The van der Waals surface area contributed by atoms with Crippen LogP contribution in [0.25, 0.3) is 11.0 Å². The van der Waals surface area contributed by atoms with Gasteiger partial charge in [0.05, 0.1) is 6.54 Å². The summed E-state index contributed by atoms with van der Waals surface area (Å²) in [6.45, 7) is 2.66. The topological polar surface area (TPSA) is 25.2 Å². The highest BCUT2D eigenvalue weighted by atomic mass is 19.2. The molecule has 19 heavy (non-hydrogen) atoms. The largest absolute Gasteiger partial charge is 0.456 e. The molecule has 1 aromatic carbocycles. The molecule has 0 aliphatic heterocycles. The highest BCUT2D eigenvalue weighted by Gasteiger charge is 2.23. The fourth-order valence-electron chi connectivity index (χ4n) is 2.40. The first kappa shape index (κ1) is 12.6. The van der Waals surface area contributed by atoms with E-state index in [1.165, 1.54) is 18.9 Å². The molecule has 1 saturated carbocycles. The van der Waals surface area contributed by atoms with Gasteiger partial charge in [-0.15, -0.1) is 0 Å². The molecule has 0 atom stereocenters. The van der Waals surface area contributed by atoms with Gasteiger partial charge < -0.3 is 9.73 Å². The Bertz CT molecular complexity index is 602. The van der Waals surface area contributed by atoms with Crippen LogP contribution in [0.1, 0.15) is 37.5 Å². The summed E-state index contributed by atoms with van der Waals surface area (Å²) in [6.07, 6.45) is 4.14. The third kappa shape index (κ3) is 2.37. The van der Waals surface area contributed by atoms with Crippen LogP contribution in [0.2, 0.25) is 0 Å². The Kier molecular flexibility index (Phi) is 3.27. The Labute approximate surface area is 110 Å². The molecule has 0 radical (unpaired) electrons. The number of hydrogen-bond donors (Lipinski definition) is 1. The SMILES string of the molecule is CCCc1c(CNC2CC2)oc2c(F)c(F)ccc12. The van der Waals surface area contributed by atoms with Crippen LogP contribution in [0, 0.1) is 11.6 Å². The van der Waals surface area contributed by atoms with Crippen molar-refractivity contribution in [3.8, 4) is 0 Å². The van der Waals surface area contributed by atoms with Crippen molar-refractivity contribution in [3.63, 3.8) is 0 Å². The first-order chi connectivity index (χ1) is 9.20. The van der Waals surface area contributed by atoms with Gasteiger partial charge in [0.25, 0.3) is 0 Å². The molecule has 2 aromatic rings. The summed E-state index contributed by atoms with van der Waals surface area (Å²) < 4.78 is 32.6. The number of furan rings is 1. The lowest BCUT2D eigenvalue weighted by atomic mass is 10.1. The molecule has 102 valence electrons. The third-order valence-electron chi connectivity index (χ3n) is 3.57. The molecule has 3 rings (SSSR count). The van der Waals surface area contributed by atoms with E-state index in [9.17, 15) is 8.78 Å². The lowest BCUT2D eigenvalue weighted by molar-refractivity contribution is 0.465. The summed E-state index contributed by atoms with van der Waals surface area (Å²) in [4.78, 5) is 0. The number of hydrogen-bond acceptors (Lipinski definition) is 2. The van der Waals surface area contributed by atoms with Crippen LogP contribution in [0.4, 0.5) is 8.78 Å². The zero-order valence-electron chi connectivity index (χ0n) is 10.9. The number of aryl methyl sites for hydroxylation is 1. The number of halogens is 2. The third-order valence-corrected chi connectivity index (χ3v) is 3.57. The first-order valence-corrected chi connectivity index (χ1v) is 6.82. The second-order valence-electron chi connectivity index (χ2n) is 5.15. The van der Waals surface area contributed by atoms with Gasteiger partial charge in [0.15, 0.2) is 11.4 Å². The molecule has 1 aliphatic carbocycles. The van der Waals surface area contributed by atoms with E-state index in [4.69, 9.17) is 4.42 Å². The minimum Gasteiger partial charge on any atom is -0.456 e. The van der Waals surface area contributed by atoms with Gasteiger partial charge >= 0.3 is 0 Å². The van der Waals surface area contributed by atoms with Crippen molar-refractivity contribution >= 4 is 11.0 Å². The summed E-state index contributed by atoms with van der Waals surface area (Å²) in [5, 5.41) is 4.06. The van der Waals surface area contributed by atoms with Crippen molar-refractivity contribution in [3.05, 3.63) is 35.1 Å². The molecule has 0 bridgehead atoms. The molecule has 2 nitrogen and oxygen atoms in total. The molecule has 1 heterocycles. The minimum absolute atomic E-state index is 0.0519. The van der Waals surface area contributed by atoms with Crippen molar-refractivity contribution < 1.29 is 13.2 Å². The van der Waals surface area contributed by atoms with Gasteiger partial charge in [-0.3, -0.25) is 0 Å². The Morgan fingerprint density at radius 1 is 1.32 bits per heavy atom. The predicted octanol–water partition coefficient (Wildman–Crippen LogP) is 3.92. The van der Waals surface area contributed by atoms with Crippen molar-refractivity contribution in [1.29, 1.82) is 0 Å². The maximum absolute atomic E-state index is 13.8. The number of rotatable bonds is 5. The second kappa shape index (κ2) is 4.93. The highest BCUT2D eigenvalue weighted by molar-refractivity contribution is 5.83. The van der Waals surface area contributed by atoms with Crippen LogP contribution in [-0.2, 0) is 13.0 Å². The summed E-state index contributed by atoms with van der Waals surface area (Å²) in [7, 11) is 0. The van der Waals surface area contributed by atoms with Crippen molar-refractivity contribution in [1.82, 2.24) is 5.32 Å². The zero-order valence-corrected chi connectivity index (χ0v) is 10.9. The fourth-order valence-corrected chi connectivity index (χ4v) is 2.40. The number of nitrogens with one attached hydrogen (secondary N) is 1. The summed E-state index contributed by atoms with van der Waals surface area (Å²) in [5.41, 5.74) is 1.06. The molecule has 1 N–H and O–H groups in total.